The first-order valence-electron chi connectivity index (χ1n) is 2.27. The summed E-state index contributed by atoms with van der Waals surface area (Å²) in [5.41, 5.74) is 2.39. The van der Waals surface area contributed by atoms with Crippen molar-refractivity contribution in [2.75, 3.05) is 0 Å². The van der Waals surface area contributed by atoms with Crippen LogP contribution in [0.15, 0.2) is 18.1 Å². The maximum absolute atomic E-state index is 8.68. The van der Waals surface area contributed by atoms with Crippen molar-refractivity contribution in [3.63, 3.8) is 0 Å². The second-order valence-electron chi connectivity index (χ2n) is 1.72. The summed E-state index contributed by atoms with van der Waals surface area (Å²) >= 11 is 0. The van der Waals surface area contributed by atoms with Gasteiger partial charge >= 0.3 is 0 Å². The van der Waals surface area contributed by atoms with E-state index >= 15 is 0 Å². The molecule has 7 heavy (non-hydrogen) atoms. The number of hydrogen-bond donors (Lipinski definition) is 1. The van der Waals surface area contributed by atoms with Crippen molar-refractivity contribution in [1.82, 2.24) is 0 Å². The smallest absolute Gasteiger partial charge is 0.137 e. The minimum Gasteiger partial charge on any atom is -0.504 e. The van der Waals surface area contributed by atoms with Gasteiger partial charge in [0.25, 0.3) is 0 Å². The molecule has 0 fully saturated rings. The lowest BCUT2D eigenvalue weighted by Crippen LogP contribution is -1.88. The maximum Gasteiger partial charge on any atom is 0.137 e. The summed E-state index contributed by atoms with van der Waals surface area (Å²) in [4.78, 5) is 0. The molecule has 0 radical (unpaired) electrons. The number of hydrogen-bond acceptors (Lipinski definition) is 1. The van der Waals surface area contributed by atoms with E-state index in [-0.39, 0.29) is 11.7 Å². The van der Waals surface area contributed by atoms with Crippen molar-refractivity contribution in [3.8, 4) is 0 Å². The molecule has 0 rings (SSSR count). The van der Waals surface area contributed by atoms with Crippen LogP contribution >= 0.6 is 0 Å². The van der Waals surface area contributed by atoms with Crippen LogP contribution in [0.4, 0.5) is 0 Å². The van der Waals surface area contributed by atoms with E-state index in [0.717, 1.165) is 0 Å². The van der Waals surface area contributed by atoms with Crippen molar-refractivity contribution in [1.29, 1.82) is 0 Å². The molecule has 0 aromatic carbocycles. The molecule has 0 amide bonds. The standard InChI is InChI=1S/C6H10O/c1-4-6(7)5(2)3/h5,7H,1H2,2-3H3. The molecule has 0 atom stereocenters. The fourth-order valence-electron chi connectivity index (χ4n) is 0.204. The Hall–Kier alpha value is -0.680. The van der Waals surface area contributed by atoms with Crippen LogP contribution in [0.2, 0.25) is 0 Å². The quantitative estimate of drug-likeness (QED) is 0.392. The molecular formula is C6H10O. The van der Waals surface area contributed by atoms with Crippen molar-refractivity contribution in [3.05, 3.63) is 18.1 Å². The molecule has 0 aromatic heterocycles. The van der Waals surface area contributed by atoms with Crippen LogP contribution in [-0.4, -0.2) is 5.11 Å². The number of rotatable bonds is 1. The van der Waals surface area contributed by atoms with Gasteiger partial charge in [-0.05, 0) is 0 Å². The highest BCUT2D eigenvalue weighted by Gasteiger charge is 1.93. The summed E-state index contributed by atoms with van der Waals surface area (Å²) in [5, 5.41) is 8.68. The van der Waals surface area contributed by atoms with E-state index in [1.54, 1.807) is 0 Å². The average molecular weight is 98.1 g/mol. The highest BCUT2D eigenvalue weighted by molar-refractivity contribution is 4.88. The number of aliphatic hydroxyl groups excluding tert-OH is 1. The SMILES string of the molecule is C=C=C(O)C(C)C. The van der Waals surface area contributed by atoms with Crippen LogP contribution in [0, 0.1) is 5.92 Å². The second-order valence-corrected chi connectivity index (χ2v) is 1.72. The Kier molecular flexibility index (Phi) is 2.24. The summed E-state index contributed by atoms with van der Waals surface area (Å²) in [5.74, 6) is 0.400. The molecule has 1 heteroatoms. The lowest BCUT2D eigenvalue weighted by molar-refractivity contribution is 0.353. The first kappa shape index (κ1) is 6.32. The third-order valence-corrected chi connectivity index (χ3v) is 0.728. The predicted molar refractivity (Wildman–Crippen MR) is 30.1 cm³/mol. The van der Waals surface area contributed by atoms with Gasteiger partial charge in [-0.15, -0.1) is 0 Å². The Morgan fingerprint density at radius 2 is 2.14 bits per heavy atom. The van der Waals surface area contributed by atoms with E-state index < -0.39 is 0 Å². The molecule has 40 valence electrons. The summed E-state index contributed by atoms with van der Waals surface area (Å²) in [6.45, 7) is 7.03. The zero-order valence-electron chi connectivity index (χ0n) is 4.73. The molecule has 0 aliphatic heterocycles. The zero-order chi connectivity index (χ0) is 5.86. The Morgan fingerprint density at radius 1 is 1.71 bits per heavy atom. The topological polar surface area (TPSA) is 20.2 Å². The maximum atomic E-state index is 8.68. The van der Waals surface area contributed by atoms with E-state index in [0.29, 0.717) is 0 Å². The van der Waals surface area contributed by atoms with Gasteiger partial charge in [0.1, 0.15) is 5.76 Å². The Morgan fingerprint density at radius 3 is 2.14 bits per heavy atom. The lowest BCUT2D eigenvalue weighted by Gasteiger charge is -1.95. The van der Waals surface area contributed by atoms with Crippen molar-refractivity contribution < 1.29 is 5.11 Å². The Balaban J connectivity index is 3.81. The molecular weight excluding hydrogens is 88.1 g/mol. The summed E-state index contributed by atoms with van der Waals surface area (Å²) in [7, 11) is 0. The minimum absolute atomic E-state index is 0.164. The molecule has 0 saturated heterocycles. The molecule has 1 N–H and O–H groups in total. The Labute approximate surface area is 44.0 Å². The third-order valence-electron chi connectivity index (χ3n) is 0.728. The monoisotopic (exact) mass is 98.1 g/mol. The Bertz CT molecular complexity index is 96.7. The van der Waals surface area contributed by atoms with Gasteiger partial charge in [-0.1, -0.05) is 26.2 Å². The minimum atomic E-state index is 0.164. The van der Waals surface area contributed by atoms with Gasteiger partial charge in [0, 0.05) is 5.92 Å². The van der Waals surface area contributed by atoms with Crippen LogP contribution in [0.5, 0.6) is 0 Å². The molecule has 0 spiro atoms. The van der Waals surface area contributed by atoms with Crippen molar-refractivity contribution in [2.24, 2.45) is 5.92 Å². The fraction of sp³-hybridized carbons (Fsp3) is 0.500. The van der Waals surface area contributed by atoms with Crippen LogP contribution in [-0.2, 0) is 0 Å². The van der Waals surface area contributed by atoms with Gasteiger partial charge in [0.2, 0.25) is 0 Å². The first-order valence-corrected chi connectivity index (χ1v) is 2.27. The van der Waals surface area contributed by atoms with E-state index in [2.05, 4.69) is 12.3 Å². The molecule has 1 nitrogen and oxygen atoms in total. The number of allylic oxidation sites excluding steroid dienone is 1. The van der Waals surface area contributed by atoms with E-state index in [1.165, 1.54) is 0 Å². The fourth-order valence-corrected chi connectivity index (χ4v) is 0.204. The van der Waals surface area contributed by atoms with Gasteiger partial charge in [-0.25, -0.2) is 0 Å². The second kappa shape index (κ2) is 2.49. The summed E-state index contributed by atoms with van der Waals surface area (Å²) < 4.78 is 0. The van der Waals surface area contributed by atoms with E-state index in [1.807, 2.05) is 13.8 Å². The van der Waals surface area contributed by atoms with Crippen LogP contribution in [0.1, 0.15) is 13.8 Å². The number of aliphatic hydroxyl groups is 1. The van der Waals surface area contributed by atoms with Crippen molar-refractivity contribution >= 4 is 0 Å². The molecule has 0 unspecified atom stereocenters. The predicted octanol–water partition coefficient (Wildman–Crippen LogP) is 1.87. The highest BCUT2D eigenvalue weighted by atomic mass is 16.3. The molecule has 0 aliphatic rings. The average Bonchev–Trinajstić information content (AvgIpc) is 1.65. The van der Waals surface area contributed by atoms with Crippen LogP contribution < -0.4 is 0 Å². The summed E-state index contributed by atoms with van der Waals surface area (Å²) in [6.07, 6.45) is 0. The largest absolute Gasteiger partial charge is 0.504 e. The van der Waals surface area contributed by atoms with Crippen LogP contribution in [0.25, 0.3) is 0 Å². The highest BCUT2D eigenvalue weighted by Crippen LogP contribution is 2.00. The van der Waals surface area contributed by atoms with Gasteiger partial charge in [-0.2, -0.15) is 0 Å². The van der Waals surface area contributed by atoms with Crippen molar-refractivity contribution in [2.45, 2.75) is 13.8 Å². The van der Waals surface area contributed by atoms with Crippen LogP contribution in [0.3, 0.4) is 0 Å². The third kappa shape index (κ3) is 2.07. The first-order chi connectivity index (χ1) is 3.18. The molecule has 0 bridgehead atoms. The van der Waals surface area contributed by atoms with E-state index in [4.69, 9.17) is 5.11 Å². The van der Waals surface area contributed by atoms with Gasteiger partial charge < -0.3 is 5.11 Å². The van der Waals surface area contributed by atoms with Gasteiger partial charge in [0.05, 0.1) is 0 Å². The normalized spacial score (nSPS) is 8.43. The van der Waals surface area contributed by atoms with E-state index in [9.17, 15) is 0 Å². The molecule has 0 aliphatic carbocycles. The molecule has 0 aromatic rings. The van der Waals surface area contributed by atoms with Gasteiger partial charge in [-0.3, -0.25) is 0 Å². The van der Waals surface area contributed by atoms with Gasteiger partial charge in [0.15, 0.2) is 0 Å². The lowest BCUT2D eigenvalue weighted by atomic mass is 10.2. The molecule has 0 heterocycles. The summed E-state index contributed by atoms with van der Waals surface area (Å²) in [6, 6.07) is 0. The molecule has 0 saturated carbocycles. The zero-order valence-corrected chi connectivity index (χ0v) is 4.73.